The smallest absolute Gasteiger partial charge is 0.233 e. The molecule has 2 aliphatic heterocycles. The average molecular weight is 318 g/mol. The van der Waals surface area contributed by atoms with Crippen LogP contribution in [0.1, 0.15) is 37.7 Å². The van der Waals surface area contributed by atoms with Gasteiger partial charge in [-0.05, 0) is 44.5 Å². The lowest BCUT2D eigenvalue weighted by Crippen LogP contribution is -2.37. The van der Waals surface area contributed by atoms with Crippen LogP contribution in [0.15, 0.2) is 30.3 Å². The van der Waals surface area contributed by atoms with Crippen molar-refractivity contribution in [1.82, 2.24) is 9.80 Å². The first-order chi connectivity index (χ1) is 10.8. The van der Waals surface area contributed by atoms with Crippen LogP contribution in [0, 0.1) is 0 Å². The summed E-state index contributed by atoms with van der Waals surface area (Å²) in [5, 5.41) is 0.300. The molecule has 0 aromatic heterocycles. The van der Waals surface area contributed by atoms with Gasteiger partial charge in [-0.15, -0.1) is 11.8 Å². The van der Waals surface area contributed by atoms with Gasteiger partial charge in [0.25, 0.3) is 0 Å². The number of carbonyl (C=O) groups is 1. The van der Waals surface area contributed by atoms with Gasteiger partial charge in [0.15, 0.2) is 0 Å². The van der Waals surface area contributed by atoms with Crippen molar-refractivity contribution in [1.29, 1.82) is 0 Å². The number of rotatable bonds is 6. The molecule has 0 radical (unpaired) electrons. The zero-order chi connectivity index (χ0) is 15.4. The molecule has 22 heavy (non-hydrogen) atoms. The largest absolute Gasteiger partial charge is 0.329 e. The first-order valence-corrected chi connectivity index (χ1v) is 9.49. The maximum atomic E-state index is 12.2. The van der Waals surface area contributed by atoms with E-state index < -0.39 is 0 Å². The van der Waals surface area contributed by atoms with E-state index >= 15 is 0 Å². The quantitative estimate of drug-likeness (QED) is 0.805. The lowest BCUT2D eigenvalue weighted by Gasteiger charge is -2.29. The molecule has 0 spiro atoms. The topological polar surface area (TPSA) is 23.6 Å². The van der Waals surface area contributed by atoms with Crippen LogP contribution in [0.25, 0.3) is 0 Å². The highest BCUT2D eigenvalue weighted by atomic mass is 32.2. The van der Waals surface area contributed by atoms with Crippen molar-refractivity contribution in [2.45, 2.75) is 37.5 Å². The van der Waals surface area contributed by atoms with Gasteiger partial charge in [0.2, 0.25) is 5.91 Å². The molecule has 0 aliphatic carbocycles. The minimum absolute atomic E-state index is 0.300. The van der Waals surface area contributed by atoms with Crippen molar-refractivity contribution < 1.29 is 4.79 Å². The van der Waals surface area contributed by atoms with Gasteiger partial charge in [0.1, 0.15) is 0 Å². The second-order valence-electron chi connectivity index (χ2n) is 6.39. The van der Waals surface area contributed by atoms with Crippen LogP contribution in [-0.4, -0.2) is 53.0 Å². The molecule has 1 amide bonds. The van der Waals surface area contributed by atoms with Gasteiger partial charge in [0, 0.05) is 12.5 Å². The Balaban J connectivity index is 1.57. The third kappa shape index (κ3) is 3.66. The van der Waals surface area contributed by atoms with Crippen LogP contribution in [0.4, 0.5) is 0 Å². The molecule has 2 heterocycles. The summed E-state index contributed by atoms with van der Waals surface area (Å²) >= 11 is 1.81. The van der Waals surface area contributed by atoms with E-state index in [9.17, 15) is 4.79 Å². The lowest BCUT2D eigenvalue weighted by atomic mass is 10.0. The van der Waals surface area contributed by atoms with Crippen LogP contribution < -0.4 is 0 Å². The number of thioether (sulfide) groups is 1. The molecule has 2 saturated heterocycles. The molecule has 2 aliphatic rings. The second-order valence-corrected chi connectivity index (χ2v) is 7.50. The van der Waals surface area contributed by atoms with Crippen molar-refractivity contribution >= 4 is 17.7 Å². The van der Waals surface area contributed by atoms with E-state index in [-0.39, 0.29) is 0 Å². The highest BCUT2D eigenvalue weighted by Crippen LogP contribution is 2.36. The van der Waals surface area contributed by atoms with E-state index in [0.29, 0.717) is 23.0 Å². The maximum absolute atomic E-state index is 12.2. The molecule has 2 fully saturated rings. The van der Waals surface area contributed by atoms with Crippen molar-refractivity contribution in [3.8, 4) is 0 Å². The summed E-state index contributed by atoms with van der Waals surface area (Å²) in [6, 6.07) is 10.6. The zero-order valence-corrected chi connectivity index (χ0v) is 14.2. The number of carbonyl (C=O) groups excluding carboxylic acids is 1. The van der Waals surface area contributed by atoms with Gasteiger partial charge < -0.3 is 9.80 Å². The predicted octanol–water partition coefficient (Wildman–Crippen LogP) is 3.18. The van der Waals surface area contributed by atoms with E-state index in [1.54, 1.807) is 11.8 Å². The van der Waals surface area contributed by atoms with Gasteiger partial charge >= 0.3 is 0 Å². The Labute approximate surface area is 138 Å². The second kappa shape index (κ2) is 7.51. The molecule has 0 bridgehead atoms. The number of hydrogen-bond donors (Lipinski definition) is 0. The van der Waals surface area contributed by atoms with Crippen LogP contribution >= 0.6 is 11.8 Å². The van der Waals surface area contributed by atoms with Crippen molar-refractivity contribution in [2.75, 3.05) is 31.9 Å². The van der Waals surface area contributed by atoms with Crippen molar-refractivity contribution in [3.05, 3.63) is 35.9 Å². The summed E-state index contributed by atoms with van der Waals surface area (Å²) in [4.78, 5) is 16.9. The molecular weight excluding hydrogens is 292 g/mol. The summed E-state index contributed by atoms with van der Waals surface area (Å²) in [5.74, 6) is 1.36. The molecule has 2 unspecified atom stereocenters. The average Bonchev–Trinajstić information content (AvgIpc) is 3.18. The third-order valence-electron chi connectivity index (χ3n) is 4.83. The molecule has 4 heteroatoms. The van der Waals surface area contributed by atoms with Crippen LogP contribution in [0.5, 0.6) is 0 Å². The minimum Gasteiger partial charge on any atom is -0.329 e. The van der Waals surface area contributed by atoms with E-state index in [2.05, 4.69) is 47.1 Å². The standard InChI is InChI=1S/C18H26N2OS/c1-15(16-8-3-2-4-9-16)18-20(17(21)14-22-18)13-7-12-19-10-5-6-11-19/h2-4,8-9,15,18H,5-7,10-14H2,1H3. The first-order valence-electron chi connectivity index (χ1n) is 8.44. The highest BCUT2D eigenvalue weighted by Gasteiger charge is 2.35. The molecular formula is C18H26N2OS. The van der Waals surface area contributed by atoms with E-state index in [1.165, 1.54) is 31.5 Å². The van der Waals surface area contributed by atoms with E-state index in [4.69, 9.17) is 0 Å². The minimum atomic E-state index is 0.300. The Morgan fingerprint density at radius 3 is 2.64 bits per heavy atom. The zero-order valence-electron chi connectivity index (χ0n) is 13.4. The summed E-state index contributed by atoms with van der Waals surface area (Å²) in [6.45, 7) is 6.78. The molecule has 3 rings (SSSR count). The Morgan fingerprint density at radius 2 is 1.91 bits per heavy atom. The number of benzene rings is 1. The fourth-order valence-electron chi connectivity index (χ4n) is 3.53. The summed E-state index contributed by atoms with van der Waals surface area (Å²) in [6.07, 6.45) is 3.78. The van der Waals surface area contributed by atoms with E-state index in [1.807, 2.05) is 0 Å². The van der Waals surface area contributed by atoms with Gasteiger partial charge in [-0.2, -0.15) is 0 Å². The predicted molar refractivity (Wildman–Crippen MR) is 93.1 cm³/mol. The van der Waals surface area contributed by atoms with Crippen molar-refractivity contribution in [3.63, 3.8) is 0 Å². The van der Waals surface area contributed by atoms with E-state index in [0.717, 1.165) is 19.5 Å². The lowest BCUT2D eigenvalue weighted by molar-refractivity contribution is -0.128. The van der Waals surface area contributed by atoms with Gasteiger partial charge in [-0.25, -0.2) is 0 Å². The Morgan fingerprint density at radius 1 is 1.18 bits per heavy atom. The number of amides is 1. The van der Waals surface area contributed by atoms with Crippen LogP contribution in [0.3, 0.4) is 0 Å². The van der Waals surface area contributed by atoms with Gasteiger partial charge in [-0.3, -0.25) is 4.79 Å². The fourth-order valence-corrected chi connectivity index (χ4v) is 4.86. The maximum Gasteiger partial charge on any atom is 0.233 e. The van der Waals surface area contributed by atoms with Gasteiger partial charge in [0.05, 0.1) is 11.1 Å². The molecule has 1 aromatic carbocycles. The molecule has 1 aromatic rings. The Hall–Kier alpha value is -1.00. The molecule has 3 nitrogen and oxygen atoms in total. The molecule has 2 atom stereocenters. The van der Waals surface area contributed by atoms with Crippen LogP contribution in [-0.2, 0) is 4.79 Å². The summed E-state index contributed by atoms with van der Waals surface area (Å²) in [5.41, 5.74) is 1.33. The third-order valence-corrected chi connectivity index (χ3v) is 6.25. The normalized spacial score (nSPS) is 24.1. The Bertz CT molecular complexity index is 487. The molecule has 0 N–H and O–H groups in total. The first kappa shape index (κ1) is 15.9. The summed E-state index contributed by atoms with van der Waals surface area (Å²) in [7, 11) is 0. The highest BCUT2D eigenvalue weighted by molar-refractivity contribution is 8.01. The Kier molecular flexibility index (Phi) is 5.42. The van der Waals surface area contributed by atoms with Crippen molar-refractivity contribution in [2.24, 2.45) is 0 Å². The number of hydrogen-bond acceptors (Lipinski definition) is 3. The fraction of sp³-hybridized carbons (Fsp3) is 0.611. The summed E-state index contributed by atoms with van der Waals surface area (Å²) < 4.78 is 0. The SMILES string of the molecule is CC(c1ccccc1)C1SCC(=O)N1CCCN1CCCC1. The van der Waals surface area contributed by atoms with Crippen LogP contribution in [0.2, 0.25) is 0 Å². The molecule has 120 valence electrons. The number of nitrogens with zero attached hydrogens (tertiary/aromatic N) is 2. The van der Waals surface area contributed by atoms with Gasteiger partial charge in [-0.1, -0.05) is 37.3 Å². The monoisotopic (exact) mass is 318 g/mol. The molecule has 0 saturated carbocycles. The number of likely N-dealkylation sites (tertiary alicyclic amines) is 1.